The molecule has 0 atom stereocenters. The second-order valence-corrected chi connectivity index (χ2v) is 7.94. The molecule has 0 aliphatic carbocycles. The monoisotopic (exact) mass is 457 g/mol. The van der Waals surface area contributed by atoms with Crippen molar-refractivity contribution in [1.82, 2.24) is 30.4 Å². The van der Waals surface area contributed by atoms with E-state index in [-0.39, 0.29) is 18.4 Å². The number of nitrogens with zero attached hydrogens (tertiary/aromatic N) is 4. The van der Waals surface area contributed by atoms with Crippen LogP contribution in [-0.4, -0.2) is 70.7 Å². The Kier molecular flexibility index (Phi) is 8.81. The van der Waals surface area contributed by atoms with Gasteiger partial charge >= 0.3 is 0 Å². The molecule has 10 nitrogen and oxygen atoms in total. The van der Waals surface area contributed by atoms with Crippen molar-refractivity contribution >= 4 is 40.4 Å². The van der Waals surface area contributed by atoms with Crippen LogP contribution in [0.5, 0.6) is 0 Å². The number of ether oxygens (including phenoxy) is 1. The van der Waals surface area contributed by atoms with Crippen LogP contribution in [0.3, 0.4) is 0 Å². The zero-order valence-electron chi connectivity index (χ0n) is 18.1. The van der Waals surface area contributed by atoms with E-state index < -0.39 is 0 Å². The molecule has 32 heavy (non-hydrogen) atoms. The van der Waals surface area contributed by atoms with E-state index in [2.05, 4.69) is 31.0 Å². The predicted molar refractivity (Wildman–Crippen MR) is 124 cm³/mol. The maximum atomic E-state index is 12.1. The molecule has 0 saturated carbocycles. The molecular weight excluding hydrogens is 430 g/mol. The molecule has 3 aromatic rings. The highest BCUT2D eigenvalue weighted by Gasteiger charge is 2.13. The molecule has 0 unspecified atom stereocenters. The Hall–Kier alpha value is -3.18. The number of hydrogen-bond donors (Lipinski definition) is 3. The Labute approximate surface area is 190 Å². The minimum atomic E-state index is -0.287. The van der Waals surface area contributed by atoms with Gasteiger partial charge in [-0.3, -0.25) is 9.59 Å². The van der Waals surface area contributed by atoms with E-state index in [0.717, 1.165) is 11.1 Å². The van der Waals surface area contributed by atoms with Gasteiger partial charge in [0, 0.05) is 25.8 Å². The van der Waals surface area contributed by atoms with Gasteiger partial charge in [0.2, 0.25) is 5.91 Å². The van der Waals surface area contributed by atoms with Crippen LogP contribution in [0.2, 0.25) is 0 Å². The number of anilines is 1. The molecule has 11 heteroatoms. The number of methoxy groups -OCH3 is 1. The molecule has 0 saturated heterocycles. The topological polar surface area (TPSA) is 123 Å². The summed E-state index contributed by atoms with van der Waals surface area (Å²) in [7, 11) is 1.65. The largest absolute Gasteiger partial charge is 0.383 e. The SMILES string of the molecule is CCSc1nc(NCCOC)c2cnn(CCNC(=O)CNC(=O)c3ccccc3)c2n1. The molecule has 0 bridgehead atoms. The highest BCUT2D eigenvalue weighted by atomic mass is 32.2. The molecule has 3 rings (SSSR count). The van der Waals surface area contributed by atoms with Gasteiger partial charge in [-0.15, -0.1) is 0 Å². The molecule has 170 valence electrons. The Morgan fingerprint density at radius 1 is 1.12 bits per heavy atom. The van der Waals surface area contributed by atoms with E-state index in [1.165, 1.54) is 0 Å². The van der Waals surface area contributed by atoms with Gasteiger partial charge in [0.15, 0.2) is 10.8 Å². The Morgan fingerprint density at radius 2 is 1.94 bits per heavy atom. The summed E-state index contributed by atoms with van der Waals surface area (Å²) in [5, 5.41) is 14.5. The molecule has 0 aliphatic rings. The fraction of sp³-hybridized carbons (Fsp3) is 0.381. The maximum absolute atomic E-state index is 12.1. The number of hydrogen-bond acceptors (Lipinski definition) is 8. The number of thioether (sulfide) groups is 1. The summed E-state index contributed by atoms with van der Waals surface area (Å²) in [6.07, 6.45) is 1.72. The average Bonchev–Trinajstić information content (AvgIpc) is 3.21. The van der Waals surface area contributed by atoms with Crippen LogP contribution in [0.4, 0.5) is 5.82 Å². The summed E-state index contributed by atoms with van der Waals surface area (Å²) in [4.78, 5) is 33.3. The molecule has 0 spiro atoms. The van der Waals surface area contributed by atoms with Crippen molar-refractivity contribution in [2.75, 3.05) is 44.4 Å². The fourth-order valence-electron chi connectivity index (χ4n) is 2.91. The van der Waals surface area contributed by atoms with E-state index in [1.54, 1.807) is 54.0 Å². The summed E-state index contributed by atoms with van der Waals surface area (Å²) in [6, 6.07) is 8.77. The first-order chi connectivity index (χ1) is 15.6. The van der Waals surface area contributed by atoms with Crippen LogP contribution in [-0.2, 0) is 16.1 Å². The van der Waals surface area contributed by atoms with Gasteiger partial charge < -0.3 is 20.7 Å². The van der Waals surface area contributed by atoms with Crippen molar-refractivity contribution in [3.8, 4) is 0 Å². The normalized spacial score (nSPS) is 10.8. The van der Waals surface area contributed by atoms with Crippen LogP contribution in [0.15, 0.2) is 41.7 Å². The lowest BCUT2D eigenvalue weighted by Gasteiger charge is -2.10. The van der Waals surface area contributed by atoms with Crippen LogP contribution >= 0.6 is 11.8 Å². The molecule has 0 radical (unpaired) electrons. The quantitative estimate of drug-likeness (QED) is 0.213. The number of aromatic nitrogens is 4. The van der Waals surface area contributed by atoms with E-state index >= 15 is 0 Å². The third-order valence-corrected chi connectivity index (χ3v) is 5.17. The molecule has 0 fully saturated rings. The van der Waals surface area contributed by atoms with Crippen LogP contribution in [0.1, 0.15) is 17.3 Å². The molecule has 2 heterocycles. The lowest BCUT2D eigenvalue weighted by Crippen LogP contribution is -2.38. The minimum Gasteiger partial charge on any atom is -0.383 e. The number of rotatable bonds is 12. The Balaban J connectivity index is 1.57. The van der Waals surface area contributed by atoms with Gasteiger partial charge in [0.25, 0.3) is 5.91 Å². The van der Waals surface area contributed by atoms with Gasteiger partial charge in [-0.1, -0.05) is 36.9 Å². The average molecular weight is 458 g/mol. The molecule has 3 N–H and O–H groups in total. The molecule has 1 aromatic carbocycles. The highest BCUT2D eigenvalue weighted by Crippen LogP contribution is 2.24. The van der Waals surface area contributed by atoms with Crippen LogP contribution < -0.4 is 16.0 Å². The number of benzene rings is 1. The number of fused-ring (bicyclic) bond motifs is 1. The predicted octanol–water partition coefficient (Wildman–Crippen LogP) is 1.54. The number of amides is 2. The fourth-order valence-corrected chi connectivity index (χ4v) is 3.48. The zero-order chi connectivity index (χ0) is 22.8. The maximum Gasteiger partial charge on any atom is 0.251 e. The minimum absolute atomic E-state index is 0.0966. The van der Waals surface area contributed by atoms with Crippen molar-refractivity contribution in [3.05, 3.63) is 42.1 Å². The second kappa shape index (κ2) is 12.0. The van der Waals surface area contributed by atoms with Gasteiger partial charge in [-0.2, -0.15) is 5.10 Å². The standard InChI is InChI=1S/C21H27N7O3S/c1-3-32-21-26-18(23-10-12-31-2)16-13-25-28(19(16)27-21)11-9-22-17(29)14-24-20(30)15-7-5-4-6-8-15/h4-8,13H,3,9-12,14H2,1-2H3,(H,22,29)(H,24,30)(H,23,26,27). The molecule has 2 amide bonds. The summed E-state index contributed by atoms with van der Waals surface area (Å²) in [5.41, 5.74) is 1.21. The third-order valence-electron chi connectivity index (χ3n) is 4.44. The van der Waals surface area contributed by atoms with Crippen LogP contribution in [0, 0.1) is 0 Å². The smallest absolute Gasteiger partial charge is 0.251 e. The molecule has 2 aromatic heterocycles. The van der Waals surface area contributed by atoms with Gasteiger partial charge in [0.1, 0.15) is 5.82 Å². The van der Waals surface area contributed by atoms with Gasteiger partial charge in [-0.25, -0.2) is 14.6 Å². The number of carbonyl (C=O) groups excluding carboxylic acids is 2. The second-order valence-electron chi connectivity index (χ2n) is 6.71. The van der Waals surface area contributed by atoms with Crippen LogP contribution in [0.25, 0.3) is 11.0 Å². The zero-order valence-corrected chi connectivity index (χ0v) is 18.9. The summed E-state index contributed by atoms with van der Waals surface area (Å²) in [5.74, 6) is 0.999. The number of nitrogens with one attached hydrogen (secondary N) is 3. The van der Waals surface area contributed by atoms with E-state index in [0.29, 0.717) is 48.4 Å². The number of carbonyl (C=O) groups is 2. The van der Waals surface area contributed by atoms with Crippen molar-refractivity contribution < 1.29 is 14.3 Å². The summed E-state index contributed by atoms with van der Waals surface area (Å²) < 4.78 is 6.83. The lowest BCUT2D eigenvalue weighted by molar-refractivity contribution is -0.120. The molecule has 0 aliphatic heterocycles. The third kappa shape index (κ3) is 6.41. The van der Waals surface area contributed by atoms with Crippen molar-refractivity contribution in [1.29, 1.82) is 0 Å². The first-order valence-electron chi connectivity index (χ1n) is 10.3. The van der Waals surface area contributed by atoms with Crippen molar-refractivity contribution in [3.63, 3.8) is 0 Å². The Bertz CT molecular complexity index is 1040. The van der Waals surface area contributed by atoms with Crippen molar-refractivity contribution in [2.45, 2.75) is 18.6 Å². The molecular formula is C21H27N7O3S. The van der Waals surface area contributed by atoms with E-state index in [9.17, 15) is 9.59 Å². The van der Waals surface area contributed by atoms with Crippen molar-refractivity contribution in [2.24, 2.45) is 0 Å². The Morgan fingerprint density at radius 3 is 2.69 bits per heavy atom. The summed E-state index contributed by atoms with van der Waals surface area (Å²) >= 11 is 1.55. The van der Waals surface area contributed by atoms with Gasteiger partial charge in [0.05, 0.1) is 31.3 Å². The lowest BCUT2D eigenvalue weighted by atomic mass is 10.2. The summed E-state index contributed by atoms with van der Waals surface area (Å²) in [6.45, 7) is 3.91. The van der Waals surface area contributed by atoms with E-state index in [4.69, 9.17) is 4.74 Å². The highest BCUT2D eigenvalue weighted by molar-refractivity contribution is 7.99. The van der Waals surface area contributed by atoms with Gasteiger partial charge in [-0.05, 0) is 17.9 Å². The first-order valence-corrected chi connectivity index (χ1v) is 11.3. The van der Waals surface area contributed by atoms with E-state index in [1.807, 2.05) is 13.0 Å². The first kappa shape index (κ1) is 23.5.